The van der Waals surface area contributed by atoms with Gasteiger partial charge in [-0.15, -0.1) is 0 Å². The van der Waals surface area contributed by atoms with Crippen LogP contribution < -0.4 is 0 Å². The summed E-state index contributed by atoms with van der Waals surface area (Å²) in [7, 11) is 0. The molecule has 0 bridgehead atoms. The SMILES string of the molecule is O=C1CC(=O)N([C@@H](Cc2ccc(O)c(O)c2)C(=O)O)C1. The van der Waals surface area contributed by atoms with E-state index in [1.807, 2.05) is 0 Å². The Bertz CT molecular complexity index is 582. The van der Waals surface area contributed by atoms with Gasteiger partial charge in [0.05, 0.1) is 13.0 Å². The van der Waals surface area contributed by atoms with Crippen molar-refractivity contribution in [1.82, 2.24) is 4.90 Å². The lowest BCUT2D eigenvalue weighted by Crippen LogP contribution is -2.43. The smallest absolute Gasteiger partial charge is 0.326 e. The average molecular weight is 279 g/mol. The number of amides is 1. The summed E-state index contributed by atoms with van der Waals surface area (Å²) in [6, 6.07) is 2.75. The van der Waals surface area contributed by atoms with Gasteiger partial charge in [-0.2, -0.15) is 0 Å². The van der Waals surface area contributed by atoms with Crippen molar-refractivity contribution in [3.63, 3.8) is 0 Å². The van der Waals surface area contributed by atoms with Crippen LogP contribution in [0.3, 0.4) is 0 Å². The van der Waals surface area contributed by atoms with E-state index in [2.05, 4.69) is 0 Å². The minimum absolute atomic E-state index is 0.0534. The molecule has 1 aromatic carbocycles. The number of phenols is 2. The van der Waals surface area contributed by atoms with Crippen LogP contribution >= 0.6 is 0 Å². The lowest BCUT2D eigenvalue weighted by Gasteiger charge is -2.23. The third kappa shape index (κ3) is 2.71. The zero-order valence-electron chi connectivity index (χ0n) is 10.4. The highest BCUT2D eigenvalue weighted by Gasteiger charge is 2.36. The van der Waals surface area contributed by atoms with Gasteiger partial charge in [-0.05, 0) is 17.7 Å². The third-order valence-electron chi connectivity index (χ3n) is 3.15. The first-order chi connectivity index (χ1) is 9.38. The largest absolute Gasteiger partial charge is 0.504 e. The van der Waals surface area contributed by atoms with Crippen molar-refractivity contribution < 1.29 is 29.7 Å². The lowest BCUT2D eigenvalue weighted by atomic mass is 10.0. The molecule has 3 N–H and O–H groups in total. The number of aromatic hydroxyl groups is 2. The molecule has 1 fully saturated rings. The second kappa shape index (κ2) is 5.20. The topological polar surface area (TPSA) is 115 Å². The van der Waals surface area contributed by atoms with E-state index in [-0.39, 0.29) is 36.7 Å². The van der Waals surface area contributed by atoms with Crippen LogP contribution in [0, 0.1) is 0 Å². The molecule has 0 radical (unpaired) electrons. The summed E-state index contributed by atoms with van der Waals surface area (Å²) in [6.07, 6.45) is -0.327. The minimum Gasteiger partial charge on any atom is -0.504 e. The Morgan fingerprint density at radius 1 is 1.25 bits per heavy atom. The number of phenolic OH excluding ortho intramolecular Hbond substituents is 2. The number of rotatable bonds is 4. The Morgan fingerprint density at radius 2 is 1.95 bits per heavy atom. The van der Waals surface area contributed by atoms with E-state index in [1.54, 1.807) is 0 Å². The normalized spacial score (nSPS) is 16.5. The van der Waals surface area contributed by atoms with Gasteiger partial charge in [0.1, 0.15) is 6.04 Å². The predicted molar refractivity (Wildman–Crippen MR) is 66.2 cm³/mol. The van der Waals surface area contributed by atoms with Gasteiger partial charge in [-0.3, -0.25) is 9.59 Å². The van der Waals surface area contributed by atoms with E-state index in [4.69, 9.17) is 0 Å². The number of hydrogen-bond acceptors (Lipinski definition) is 5. The van der Waals surface area contributed by atoms with Crippen molar-refractivity contribution in [1.29, 1.82) is 0 Å². The third-order valence-corrected chi connectivity index (χ3v) is 3.15. The molecule has 106 valence electrons. The van der Waals surface area contributed by atoms with E-state index < -0.39 is 17.9 Å². The van der Waals surface area contributed by atoms with Gasteiger partial charge in [0, 0.05) is 6.42 Å². The van der Waals surface area contributed by atoms with Crippen LogP contribution in [0.15, 0.2) is 18.2 Å². The van der Waals surface area contributed by atoms with Crippen LogP contribution in [0.25, 0.3) is 0 Å². The molecule has 1 heterocycles. The molecule has 0 aromatic heterocycles. The molecule has 0 saturated carbocycles. The predicted octanol–water partition coefficient (Wildman–Crippen LogP) is -0.105. The summed E-state index contributed by atoms with van der Waals surface area (Å²) < 4.78 is 0. The molecule has 1 saturated heterocycles. The van der Waals surface area contributed by atoms with Crippen LogP contribution in [0.2, 0.25) is 0 Å². The van der Waals surface area contributed by atoms with E-state index in [0.29, 0.717) is 5.56 Å². The molecular weight excluding hydrogens is 266 g/mol. The van der Waals surface area contributed by atoms with Gasteiger partial charge in [0.2, 0.25) is 5.91 Å². The van der Waals surface area contributed by atoms with E-state index in [9.17, 15) is 29.7 Å². The van der Waals surface area contributed by atoms with Gasteiger partial charge in [-0.1, -0.05) is 6.07 Å². The fourth-order valence-corrected chi connectivity index (χ4v) is 2.14. The van der Waals surface area contributed by atoms with Crippen molar-refractivity contribution in [3.8, 4) is 11.5 Å². The van der Waals surface area contributed by atoms with Crippen molar-refractivity contribution in [2.24, 2.45) is 0 Å². The highest BCUT2D eigenvalue weighted by molar-refractivity contribution is 6.06. The maximum Gasteiger partial charge on any atom is 0.326 e. The molecule has 1 atom stereocenters. The summed E-state index contributed by atoms with van der Waals surface area (Å²) in [5, 5.41) is 27.8. The number of likely N-dealkylation sites (tertiary alicyclic amines) is 1. The van der Waals surface area contributed by atoms with Crippen molar-refractivity contribution in [3.05, 3.63) is 23.8 Å². The van der Waals surface area contributed by atoms with Crippen LogP contribution in [0.4, 0.5) is 0 Å². The molecule has 0 spiro atoms. The highest BCUT2D eigenvalue weighted by Crippen LogP contribution is 2.26. The van der Waals surface area contributed by atoms with E-state index in [0.717, 1.165) is 4.90 Å². The molecule has 1 aromatic rings. The van der Waals surface area contributed by atoms with Crippen LogP contribution in [-0.2, 0) is 20.8 Å². The molecule has 7 nitrogen and oxygen atoms in total. The Hall–Kier alpha value is -2.57. The number of ketones is 1. The molecule has 1 aliphatic heterocycles. The number of nitrogens with zero attached hydrogens (tertiary/aromatic N) is 1. The zero-order valence-corrected chi connectivity index (χ0v) is 10.4. The van der Waals surface area contributed by atoms with E-state index >= 15 is 0 Å². The molecule has 7 heteroatoms. The molecule has 20 heavy (non-hydrogen) atoms. The molecule has 1 aliphatic rings. The van der Waals surface area contributed by atoms with E-state index in [1.165, 1.54) is 18.2 Å². The summed E-state index contributed by atoms with van der Waals surface area (Å²) in [4.78, 5) is 35.1. The van der Waals surface area contributed by atoms with Crippen molar-refractivity contribution in [2.75, 3.05) is 6.54 Å². The fourth-order valence-electron chi connectivity index (χ4n) is 2.14. The Morgan fingerprint density at radius 3 is 2.45 bits per heavy atom. The first-order valence-electron chi connectivity index (χ1n) is 5.93. The Balaban J connectivity index is 2.21. The minimum atomic E-state index is -1.22. The molecule has 1 amide bonds. The number of carbonyl (C=O) groups excluding carboxylic acids is 2. The Kier molecular flexibility index (Phi) is 3.60. The Labute approximate surface area is 114 Å². The quantitative estimate of drug-likeness (QED) is 0.523. The maximum atomic E-state index is 11.6. The standard InChI is InChI=1S/C13H13NO6/c15-8-5-12(18)14(6-8)9(13(19)20)3-7-1-2-10(16)11(17)4-7/h1-2,4,9,16-17H,3,5-6H2,(H,19,20)/t9-/m0/s1. The first-order valence-corrected chi connectivity index (χ1v) is 5.93. The fraction of sp³-hybridized carbons (Fsp3) is 0.308. The second-order valence-corrected chi connectivity index (χ2v) is 4.62. The summed E-state index contributed by atoms with van der Waals surface area (Å²) in [5.74, 6) is -2.72. The average Bonchev–Trinajstić information content (AvgIpc) is 2.69. The number of carbonyl (C=O) groups is 3. The van der Waals surface area contributed by atoms with Gasteiger partial charge in [0.25, 0.3) is 0 Å². The second-order valence-electron chi connectivity index (χ2n) is 4.62. The van der Waals surface area contributed by atoms with Gasteiger partial charge in [-0.25, -0.2) is 4.79 Å². The zero-order chi connectivity index (χ0) is 14.9. The maximum absolute atomic E-state index is 11.6. The molecule has 2 rings (SSSR count). The van der Waals surface area contributed by atoms with Crippen LogP contribution in [0.1, 0.15) is 12.0 Å². The lowest BCUT2D eigenvalue weighted by molar-refractivity contribution is -0.148. The summed E-state index contributed by atoms with van der Waals surface area (Å²) in [6.45, 7) is -0.208. The molecule has 0 aliphatic carbocycles. The van der Waals surface area contributed by atoms with Gasteiger partial charge in [0.15, 0.2) is 17.3 Å². The van der Waals surface area contributed by atoms with Crippen molar-refractivity contribution in [2.45, 2.75) is 18.9 Å². The number of hydrogen-bond donors (Lipinski definition) is 3. The van der Waals surface area contributed by atoms with Crippen LogP contribution in [0.5, 0.6) is 11.5 Å². The summed E-state index contributed by atoms with van der Waals surface area (Å²) in [5.41, 5.74) is 0.444. The number of benzene rings is 1. The van der Waals surface area contributed by atoms with Crippen LogP contribution in [-0.4, -0.2) is 50.5 Å². The number of carboxylic acid groups (broad SMARTS) is 1. The molecular formula is C13H13NO6. The number of Topliss-reactive ketones (excluding diaryl/α,β-unsaturated/α-hetero) is 1. The summed E-state index contributed by atoms with van der Waals surface area (Å²) >= 11 is 0. The first kappa shape index (κ1) is 13.9. The van der Waals surface area contributed by atoms with Gasteiger partial charge < -0.3 is 20.2 Å². The monoisotopic (exact) mass is 279 g/mol. The van der Waals surface area contributed by atoms with Crippen molar-refractivity contribution >= 4 is 17.7 Å². The number of carboxylic acids is 1. The van der Waals surface area contributed by atoms with Gasteiger partial charge >= 0.3 is 5.97 Å². The number of aliphatic carboxylic acids is 1. The highest BCUT2D eigenvalue weighted by atomic mass is 16.4. The molecule has 0 unspecified atom stereocenters.